The van der Waals surface area contributed by atoms with Crippen molar-refractivity contribution in [3.8, 4) is 0 Å². The van der Waals surface area contributed by atoms with Gasteiger partial charge in [-0.3, -0.25) is 9.59 Å². The molecule has 0 spiro atoms. The molecule has 0 aliphatic carbocycles. The zero-order valence-electron chi connectivity index (χ0n) is 23.6. The van der Waals surface area contributed by atoms with E-state index in [4.69, 9.17) is 23.2 Å². The molecule has 4 aromatic carbocycles. The maximum atomic E-state index is 14.0. The highest BCUT2D eigenvalue weighted by Gasteiger charge is 2.33. The second-order valence-corrected chi connectivity index (χ2v) is 13.3. The van der Waals surface area contributed by atoms with Gasteiger partial charge in [0.25, 0.3) is 0 Å². The molecule has 0 aliphatic rings. The van der Waals surface area contributed by atoms with Crippen molar-refractivity contribution in [3.63, 3.8) is 0 Å². The van der Waals surface area contributed by atoms with Crippen molar-refractivity contribution in [1.29, 1.82) is 0 Å². The summed E-state index contributed by atoms with van der Waals surface area (Å²) in [5.74, 6) is -0.880. The van der Waals surface area contributed by atoms with Crippen LogP contribution in [0.15, 0.2) is 95.9 Å². The van der Waals surface area contributed by atoms with E-state index in [1.807, 2.05) is 68.4 Å². The molecule has 0 saturated heterocycles. The summed E-state index contributed by atoms with van der Waals surface area (Å²) in [6.45, 7) is 3.22. The van der Waals surface area contributed by atoms with E-state index in [0.29, 0.717) is 15.6 Å². The van der Waals surface area contributed by atoms with Crippen LogP contribution in [0.3, 0.4) is 0 Å². The Kier molecular flexibility index (Phi) is 10.3. The van der Waals surface area contributed by atoms with Gasteiger partial charge in [0.15, 0.2) is 0 Å². The molecule has 0 saturated carbocycles. The number of nitrogens with zero attached hydrogens (tertiary/aromatic N) is 2. The molecular weight excluding hydrogens is 593 g/mol. The van der Waals surface area contributed by atoms with Gasteiger partial charge < -0.3 is 10.2 Å². The summed E-state index contributed by atoms with van der Waals surface area (Å²) in [6, 6.07) is 25.6. The predicted octanol–water partition coefficient (Wildman–Crippen LogP) is 5.93. The number of sulfonamides is 1. The van der Waals surface area contributed by atoms with Gasteiger partial charge in [-0.15, -0.1) is 0 Å². The summed E-state index contributed by atoms with van der Waals surface area (Å²) >= 11 is 12.4. The highest BCUT2D eigenvalue weighted by molar-refractivity contribution is 7.89. The molecule has 0 heterocycles. The Morgan fingerprint density at radius 2 is 1.48 bits per heavy atom. The number of carbonyl (C=O) groups excluding carboxylic acids is 2. The summed E-state index contributed by atoms with van der Waals surface area (Å²) in [7, 11) is -2.66. The van der Waals surface area contributed by atoms with Crippen LogP contribution in [0.25, 0.3) is 10.8 Å². The minimum absolute atomic E-state index is 0.0165. The van der Waals surface area contributed by atoms with Crippen molar-refractivity contribution in [2.45, 2.75) is 43.8 Å². The molecule has 1 N–H and O–H groups in total. The predicted molar refractivity (Wildman–Crippen MR) is 168 cm³/mol. The number of amides is 2. The summed E-state index contributed by atoms with van der Waals surface area (Å²) in [5.41, 5.74) is 1.50. The Bertz CT molecular complexity index is 1680. The normalized spacial score (nSPS) is 12.5. The van der Waals surface area contributed by atoms with E-state index in [1.165, 1.54) is 18.0 Å². The highest BCUT2D eigenvalue weighted by Crippen LogP contribution is 2.25. The van der Waals surface area contributed by atoms with E-state index in [9.17, 15) is 18.0 Å². The van der Waals surface area contributed by atoms with E-state index >= 15 is 0 Å². The van der Waals surface area contributed by atoms with Crippen LogP contribution in [0, 0.1) is 0 Å². The molecule has 0 aromatic heterocycles. The third-order valence-electron chi connectivity index (χ3n) is 6.83. The van der Waals surface area contributed by atoms with E-state index in [-0.39, 0.29) is 29.8 Å². The first-order valence-corrected chi connectivity index (χ1v) is 15.7. The zero-order chi connectivity index (χ0) is 30.4. The fraction of sp³-hybridized carbons (Fsp3) is 0.250. The van der Waals surface area contributed by atoms with Crippen LogP contribution in [0.5, 0.6) is 0 Å². The number of halogens is 2. The zero-order valence-corrected chi connectivity index (χ0v) is 26.0. The third-order valence-corrected chi connectivity index (χ3v) is 9.36. The molecule has 1 unspecified atom stereocenters. The molecule has 7 nitrogen and oxygen atoms in total. The number of carbonyl (C=O) groups is 2. The third kappa shape index (κ3) is 7.69. The highest BCUT2D eigenvalue weighted by atomic mass is 35.5. The molecule has 220 valence electrons. The fourth-order valence-corrected chi connectivity index (χ4v) is 6.12. The van der Waals surface area contributed by atoms with Crippen molar-refractivity contribution in [3.05, 3.63) is 112 Å². The lowest BCUT2D eigenvalue weighted by Crippen LogP contribution is -2.53. The van der Waals surface area contributed by atoms with Crippen LogP contribution in [0.2, 0.25) is 10.0 Å². The Morgan fingerprint density at radius 1 is 0.810 bits per heavy atom. The molecule has 4 aromatic rings. The molecule has 4 rings (SSSR count). The van der Waals surface area contributed by atoms with Gasteiger partial charge in [0.1, 0.15) is 6.04 Å². The first-order valence-electron chi connectivity index (χ1n) is 13.5. The summed E-state index contributed by atoms with van der Waals surface area (Å²) in [4.78, 5) is 29.1. The lowest BCUT2D eigenvalue weighted by molar-refractivity contribution is -0.141. The van der Waals surface area contributed by atoms with Crippen LogP contribution < -0.4 is 5.32 Å². The van der Waals surface area contributed by atoms with Gasteiger partial charge in [-0.25, -0.2) is 8.42 Å². The van der Waals surface area contributed by atoms with Crippen molar-refractivity contribution in [2.24, 2.45) is 0 Å². The quantitative estimate of drug-likeness (QED) is 0.224. The Morgan fingerprint density at radius 3 is 2.14 bits per heavy atom. The molecule has 0 fully saturated rings. The number of hydrogen-bond donors (Lipinski definition) is 1. The number of benzene rings is 4. The smallest absolute Gasteiger partial charge is 0.243 e. The van der Waals surface area contributed by atoms with Crippen molar-refractivity contribution in [2.75, 3.05) is 13.6 Å². The number of likely N-dealkylation sites (N-methyl/N-ethyl adjacent to an activating group) is 1. The van der Waals surface area contributed by atoms with Crippen LogP contribution in [0.4, 0.5) is 0 Å². The molecule has 0 radical (unpaired) electrons. The lowest BCUT2D eigenvalue weighted by Gasteiger charge is -2.33. The second kappa shape index (κ2) is 13.7. The summed E-state index contributed by atoms with van der Waals surface area (Å²) < 4.78 is 28.1. The number of rotatable bonds is 11. The van der Waals surface area contributed by atoms with Crippen molar-refractivity contribution in [1.82, 2.24) is 14.5 Å². The first kappa shape index (κ1) is 31.5. The average Bonchev–Trinajstić information content (AvgIpc) is 2.96. The van der Waals surface area contributed by atoms with E-state index in [2.05, 4.69) is 5.32 Å². The molecule has 42 heavy (non-hydrogen) atoms. The van der Waals surface area contributed by atoms with Gasteiger partial charge in [-0.1, -0.05) is 89.9 Å². The van der Waals surface area contributed by atoms with Crippen molar-refractivity contribution < 1.29 is 18.0 Å². The second-order valence-electron chi connectivity index (χ2n) is 10.4. The molecule has 10 heteroatoms. The van der Waals surface area contributed by atoms with E-state index < -0.39 is 28.5 Å². The summed E-state index contributed by atoms with van der Waals surface area (Å²) in [5, 5.41) is 5.26. The molecule has 0 aliphatic heterocycles. The molecule has 2 amide bonds. The Balaban J connectivity index is 1.69. The van der Waals surface area contributed by atoms with Gasteiger partial charge in [0.05, 0.1) is 21.5 Å². The molecule has 0 bridgehead atoms. The van der Waals surface area contributed by atoms with E-state index in [0.717, 1.165) is 20.6 Å². The average molecular weight is 627 g/mol. The number of hydrogen-bond acceptors (Lipinski definition) is 4. The first-order chi connectivity index (χ1) is 20.0. The van der Waals surface area contributed by atoms with Crippen LogP contribution >= 0.6 is 23.2 Å². The largest absolute Gasteiger partial charge is 0.352 e. The minimum atomic E-state index is -4.02. The van der Waals surface area contributed by atoms with Crippen LogP contribution in [0.1, 0.15) is 25.0 Å². The summed E-state index contributed by atoms with van der Waals surface area (Å²) in [6.07, 6.45) is 0.230. The van der Waals surface area contributed by atoms with Gasteiger partial charge in [-0.2, -0.15) is 4.31 Å². The van der Waals surface area contributed by atoms with Gasteiger partial charge >= 0.3 is 0 Å². The SMILES string of the molecule is CC(C)NC(=O)C(Cc1ccccc1)N(Cc1ccc(Cl)c(Cl)c1)C(=O)CN(C)S(=O)(=O)c1ccc2ccccc2c1. The molecule has 1 atom stereocenters. The minimum Gasteiger partial charge on any atom is -0.352 e. The topological polar surface area (TPSA) is 86.8 Å². The van der Waals surface area contributed by atoms with Crippen LogP contribution in [-0.2, 0) is 32.6 Å². The maximum absolute atomic E-state index is 14.0. The maximum Gasteiger partial charge on any atom is 0.243 e. The van der Waals surface area contributed by atoms with Gasteiger partial charge in [0, 0.05) is 26.1 Å². The van der Waals surface area contributed by atoms with Gasteiger partial charge in [-0.05, 0) is 60.0 Å². The van der Waals surface area contributed by atoms with E-state index in [1.54, 1.807) is 30.3 Å². The number of fused-ring (bicyclic) bond motifs is 1. The number of nitrogens with one attached hydrogen (secondary N) is 1. The Labute approximate surface area is 257 Å². The fourth-order valence-electron chi connectivity index (χ4n) is 4.64. The van der Waals surface area contributed by atoms with Crippen LogP contribution in [-0.4, -0.2) is 55.1 Å². The lowest BCUT2D eigenvalue weighted by atomic mass is 10.0. The monoisotopic (exact) mass is 625 g/mol. The van der Waals surface area contributed by atoms with Crippen molar-refractivity contribution >= 4 is 55.8 Å². The molecular formula is C32H33Cl2N3O4S. The Hall–Kier alpha value is -3.43. The van der Waals surface area contributed by atoms with Gasteiger partial charge in [0.2, 0.25) is 21.8 Å². The standard InChI is InChI=1S/C32H33Cl2N3O4S/c1-22(2)35-32(39)30(18-23-9-5-4-6-10-23)37(20-24-13-16-28(33)29(34)17-24)31(38)21-36(3)42(40,41)27-15-14-25-11-7-8-12-26(25)19-27/h4-17,19,22,30H,18,20-21H2,1-3H3,(H,35,39).